The molecular formula is C12H12ClN3OS. The number of hydrogen-bond acceptors (Lipinski definition) is 4. The van der Waals surface area contributed by atoms with Crippen LogP contribution in [0.2, 0.25) is 5.02 Å². The predicted octanol–water partition coefficient (Wildman–Crippen LogP) is 2.62. The Hall–Kier alpha value is -1.59. The van der Waals surface area contributed by atoms with Gasteiger partial charge < -0.3 is 11.1 Å². The molecule has 0 radical (unpaired) electrons. The lowest BCUT2D eigenvalue weighted by Crippen LogP contribution is -2.22. The molecule has 0 spiro atoms. The second kappa shape index (κ2) is 5.37. The number of nitrogens with zero attached hydrogens (tertiary/aromatic N) is 1. The first-order valence-electron chi connectivity index (χ1n) is 5.31. The lowest BCUT2D eigenvalue weighted by Gasteiger charge is -2.04. The van der Waals surface area contributed by atoms with Gasteiger partial charge in [0.1, 0.15) is 5.82 Å². The van der Waals surface area contributed by atoms with Crippen molar-refractivity contribution in [1.82, 2.24) is 10.3 Å². The van der Waals surface area contributed by atoms with E-state index in [0.717, 1.165) is 4.88 Å². The van der Waals surface area contributed by atoms with Gasteiger partial charge in [0.25, 0.3) is 5.91 Å². The molecule has 94 valence electrons. The molecule has 0 aliphatic heterocycles. The maximum absolute atomic E-state index is 11.8. The molecule has 2 aromatic heterocycles. The average Bonchev–Trinajstić information content (AvgIpc) is 2.75. The molecule has 0 unspecified atom stereocenters. The van der Waals surface area contributed by atoms with Crippen molar-refractivity contribution in [2.75, 3.05) is 5.73 Å². The Morgan fingerprint density at radius 3 is 2.94 bits per heavy atom. The number of pyridine rings is 1. The number of hydrogen-bond donors (Lipinski definition) is 2. The second-order valence-electron chi connectivity index (χ2n) is 3.79. The summed E-state index contributed by atoms with van der Waals surface area (Å²) in [6.07, 6.45) is 1.41. The maximum Gasteiger partial charge on any atom is 0.253 e. The molecule has 0 aliphatic carbocycles. The maximum atomic E-state index is 11.8. The third-order valence-electron chi connectivity index (χ3n) is 2.35. The van der Waals surface area contributed by atoms with E-state index in [0.29, 0.717) is 12.1 Å². The van der Waals surface area contributed by atoms with Crippen LogP contribution in [0.4, 0.5) is 5.82 Å². The van der Waals surface area contributed by atoms with Crippen molar-refractivity contribution in [2.45, 2.75) is 13.5 Å². The zero-order chi connectivity index (χ0) is 13.1. The molecule has 18 heavy (non-hydrogen) atoms. The van der Waals surface area contributed by atoms with Crippen LogP contribution in [0, 0.1) is 6.92 Å². The first-order valence-corrected chi connectivity index (χ1v) is 6.50. The minimum atomic E-state index is -0.213. The zero-order valence-electron chi connectivity index (χ0n) is 9.74. The highest BCUT2D eigenvalue weighted by Crippen LogP contribution is 2.17. The summed E-state index contributed by atoms with van der Waals surface area (Å²) in [5.41, 5.74) is 5.89. The summed E-state index contributed by atoms with van der Waals surface area (Å²) in [6.45, 7) is 2.53. The van der Waals surface area contributed by atoms with E-state index in [4.69, 9.17) is 17.3 Å². The molecule has 2 rings (SSSR count). The molecule has 0 aliphatic rings. The Balaban J connectivity index is 2.01. The summed E-state index contributed by atoms with van der Waals surface area (Å²) in [6, 6.07) is 5.53. The van der Waals surface area contributed by atoms with Crippen LogP contribution in [0.15, 0.2) is 24.4 Å². The number of aromatic nitrogens is 1. The van der Waals surface area contributed by atoms with Gasteiger partial charge in [-0.3, -0.25) is 4.79 Å². The first-order chi connectivity index (χ1) is 8.56. The van der Waals surface area contributed by atoms with E-state index in [-0.39, 0.29) is 16.7 Å². The van der Waals surface area contributed by atoms with Crippen LogP contribution < -0.4 is 11.1 Å². The summed E-state index contributed by atoms with van der Waals surface area (Å²) in [4.78, 5) is 18.0. The topological polar surface area (TPSA) is 68.0 Å². The number of nitrogens with two attached hydrogens (primary N) is 1. The number of nitrogens with one attached hydrogen (secondary N) is 1. The van der Waals surface area contributed by atoms with E-state index < -0.39 is 0 Å². The van der Waals surface area contributed by atoms with Crippen molar-refractivity contribution in [2.24, 2.45) is 0 Å². The van der Waals surface area contributed by atoms with Gasteiger partial charge in [0, 0.05) is 16.0 Å². The molecule has 0 aromatic carbocycles. The lowest BCUT2D eigenvalue weighted by atomic mass is 10.2. The monoisotopic (exact) mass is 281 g/mol. The summed E-state index contributed by atoms with van der Waals surface area (Å²) in [5, 5.41) is 3.09. The Morgan fingerprint density at radius 2 is 2.33 bits per heavy atom. The molecule has 1 amide bonds. The third kappa shape index (κ3) is 3.00. The van der Waals surface area contributed by atoms with E-state index >= 15 is 0 Å². The molecule has 2 heterocycles. The van der Waals surface area contributed by atoms with Gasteiger partial charge in [0.2, 0.25) is 0 Å². The Bertz CT molecular complexity index is 582. The van der Waals surface area contributed by atoms with Gasteiger partial charge in [-0.15, -0.1) is 11.3 Å². The fourth-order valence-electron chi connectivity index (χ4n) is 1.42. The highest BCUT2D eigenvalue weighted by Gasteiger charge is 2.08. The van der Waals surface area contributed by atoms with Crippen LogP contribution in [-0.2, 0) is 6.54 Å². The normalized spacial score (nSPS) is 10.3. The number of thiophene rings is 1. The quantitative estimate of drug-likeness (QED) is 0.909. The molecule has 0 saturated carbocycles. The molecular weight excluding hydrogens is 270 g/mol. The molecule has 3 N–H and O–H groups in total. The van der Waals surface area contributed by atoms with Crippen LogP contribution >= 0.6 is 22.9 Å². The van der Waals surface area contributed by atoms with E-state index in [2.05, 4.69) is 10.3 Å². The fourth-order valence-corrected chi connectivity index (χ4v) is 2.42. The van der Waals surface area contributed by atoms with Gasteiger partial charge in [-0.25, -0.2) is 4.98 Å². The number of anilines is 1. The van der Waals surface area contributed by atoms with Gasteiger partial charge in [0.15, 0.2) is 0 Å². The van der Waals surface area contributed by atoms with Crippen LogP contribution in [0.3, 0.4) is 0 Å². The van der Waals surface area contributed by atoms with Crippen molar-refractivity contribution in [1.29, 1.82) is 0 Å². The largest absolute Gasteiger partial charge is 0.382 e. The third-order valence-corrected chi connectivity index (χ3v) is 3.65. The van der Waals surface area contributed by atoms with Crippen LogP contribution in [0.1, 0.15) is 20.1 Å². The molecule has 0 atom stereocenters. The summed E-state index contributed by atoms with van der Waals surface area (Å²) >= 11 is 7.47. The number of amides is 1. The van der Waals surface area contributed by atoms with Crippen molar-refractivity contribution in [3.63, 3.8) is 0 Å². The highest BCUT2D eigenvalue weighted by atomic mass is 35.5. The van der Waals surface area contributed by atoms with Crippen molar-refractivity contribution in [3.8, 4) is 0 Å². The van der Waals surface area contributed by atoms with Crippen LogP contribution in [0.5, 0.6) is 0 Å². The molecule has 2 aromatic rings. The SMILES string of the molecule is Cc1ccc(CNC(=O)c2cnc(N)c(Cl)c2)s1. The minimum absolute atomic E-state index is 0.213. The number of rotatable bonds is 3. The average molecular weight is 282 g/mol. The van der Waals surface area contributed by atoms with E-state index in [1.54, 1.807) is 11.3 Å². The molecule has 0 fully saturated rings. The molecule has 0 bridgehead atoms. The number of nitrogen functional groups attached to an aromatic ring is 1. The standard InChI is InChI=1S/C12H12ClN3OS/c1-7-2-3-9(18-7)6-16-12(17)8-4-10(13)11(14)15-5-8/h2-5H,6H2,1H3,(H2,14,15)(H,16,17). The highest BCUT2D eigenvalue weighted by molar-refractivity contribution is 7.11. The minimum Gasteiger partial charge on any atom is -0.382 e. The Kier molecular flexibility index (Phi) is 3.84. The van der Waals surface area contributed by atoms with Gasteiger partial charge in [-0.05, 0) is 25.1 Å². The van der Waals surface area contributed by atoms with Crippen LogP contribution in [0.25, 0.3) is 0 Å². The van der Waals surface area contributed by atoms with Crippen LogP contribution in [-0.4, -0.2) is 10.9 Å². The predicted molar refractivity (Wildman–Crippen MR) is 73.9 cm³/mol. The second-order valence-corrected chi connectivity index (χ2v) is 5.57. The lowest BCUT2D eigenvalue weighted by molar-refractivity contribution is 0.0951. The first kappa shape index (κ1) is 12.9. The van der Waals surface area contributed by atoms with E-state index in [1.165, 1.54) is 17.1 Å². The smallest absolute Gasteiger partial charge is 0.253 e. The number of carbonyl (C=O) groups is 1. The number of aryl methyl sites for hydroxylation is 1. The molecule has 4 nitrogen and oxygen atoms in total. The summed E-state index contributed by atoms with van der Waals surface area (Å²) in [7, 11) is 0. The van der Waals surface area contributed by atoms with Crippen molar-refractivity contribution < 1.29 is 4.79 Å². The fraction of sp³-hybridized carbons (Fsp3) is 0.167. The number of halogens is 1. The number of carbonyl (C=O) groups excluding carboxylic acids is 1. The molecule has 0 saturated heterocycles. The van der Waals surface area contributed by atoms with Gasteiger partial charge >= 0.3 is 0 Å². The zero-order valence-corrected chi connectivity index (χ0v) is 11.3. The van der Waals surface area contributed by atoms with E-state index in [1.807, 2.05) is 19.1 Å². The molecule has 6 heteroatoms. The summed E-state index contributed by atoms with van der Waals surface area (Å²) < 4.78 is 0. The van der Waals surface area contributed by atoms with Gasteiger partial charge in [-0.2, -0.15) is 0 Å². The van der Waals surface area contributed by atoms with Crippen molar-refractivity contribution in [3.05, 3.63) is 44.7 Å². The van der Waals surface area contributed by atoms with Crippen molar-refractivity contribution >= 4 is 34.7 Å². The van der Waals surface area contributed by atoms with Gasteiger partial charge in [-0.1, -0.05) is 11.6 Å². The van der Waals surface area contributed by atoms with Gasteiger partial charge in [0.05, 0.1) is 17.1 Å². The van der Waals surface area contributed by atoms with E-state index in [9.17, 15) is 4.79 Å². The summed E-state index contributed by atoms with van der Waals surface area (Å²) in [5.74, 6) is 0.0116. The Labute approximate surface area is 114 Å². The Morgan fingerprint density at radius 1 is 1.56 bits per heavy atom.